The first-order valence-electron chi connectivity index (χ1n) is 29.2. The second-order valence-corrected chi connectivity index (χ2v) is 21.2. The van der Waals surface area contributed by atoms with Gasteiger partial charge in [0, 0.05) is 93.8 Å². The number of likely N-dealkylation sites (tertiary alicyclic amines) is 1. The number of H-pyrrole nitrogens is 1. The summed E-state index contributed by atoms with van der Waals surface area (Å²) in [7, 11) is 1.61. The van der Waals surface area contributed by atoms with Crippen LogP contribution in [0.3, 0.4) is 0 Å². The number of ether oxygens (including phenoxy) is 5. The zero-order valence-electron chi connectivity index (χ0n) is 47.9. The Bertz CT molecular complexity index is 3020. The minimum absolute atomic E-state index is 0.0194. The lowest BCUT2D eigenvalue weighted by Gasteiger charge is -2.35. The average Bonchev–Trinajstić information content (AvgIpc) is 3.70. The van der Waals surface area contributed by atoms with Gasteiger partial charge in [-0.25, -0.2) is 9.49 Å². The quantitative estimate of drug-likeness (QED) is 0.0398. The third kappa shape index (κ3) is 17.9. The molecule has 5 aromatic rings. The summed E-state index contributed by atoms with van der Waals surface area (Å²) >= 11 is 0. The molecule has 8 rings (SSSR count). The molecule has 21 heteroatoms. The van der Waals surface area contributed by atoms with E-state index in [1.54, 1.807) is 41.2 Å². The van der Waals surface area contributed by atoms with Gasteiger partial charge in [-0.15, -0.1) is 0 Å². The number of nitrogens with zero attached hydrogens (tertiary/aromatic N) is 4. The standard InChI is InChI=1S/C62H80FN9O11/c1-3-83-55-38-49(79-2)20-19-47(55)39-65-41-57(74)72-24-10-15-48(42-72)45-13-9-14-46(37-45)59(75)67-58(44-11-5-4-6-12-44)61(77)66-23-30-81-32-34-82-33-31-80-29-22-64-40-56(73)70-25-27-71(28-26-70)62(78)52-35-43(18-21-53(52)63)36-54-50-16-7-8-17-51(50)60(76)69-68-54/h7-9,13-14,16-21,35,37-38,44,48,58,64-65H,3-6,10-12,15,22-34,36,39-42H2,1-2H3,(H,66,77)(H,67,75)(H,69,76)/t48?,58-/m1/s1. The molecule has 2 atom stereocenters. The maximum absolute atomic E-state index is 15.0. The number of piperazine rings is 1. The molecule has 4 aromatic carbocycles. The van der Waals surface area contributed by atoms with Crippen LogP contribution in [0, 0.1) is 11.7 Å². The molecule has 3 heterocycles. The van der Waals surface area contributed by atoms with Gasteiger partial charge < -0.3 is 59.7 Å². The Morgan fingerprint density at radius 1 is 0.723 bits per heavy atom. The fraction of sp³-hybridized carbons (Fsp3) is 0.500. The van der Waals surface area contributed by atoms with Crippen molar-refractivity contribution in [3.63, 3.8) is 0 Å². The second-order valence-electron chi connectivity index (χ2n) is 21.2. The number of carbonyl (C=O) groups excluding carboxylic acids is 5. The number of fused-ring (bicyclic) bond motifs is 1. The lowest BCUT2D eigenvalue weighted by molar-refractivity contribution is -0.132. The van der Waals surface area contributed by atoms with Gasteiger partial charge in [-0.05, 0) is 86.1 Å². The molecule has 0 radical (unpaired) electrons. The van der Waals surface area contributed by atoms with E-state index in [2.05, 4.69) is 31.5 Å². The summed E-state index contributed by atoms with van der Waals surface area (Å²) in [5, 5.41) is 20.4. The highest BCUT2D eigenvalue weighted by molar-refractivity contribution is 5.98. The van der Waals surface area contributed by atoms with Gasteiger partial charge in [0.25, 0.3) is 17.4 Å². The van der Waals surface area contributed by atoms with Gasteiger partial charge in [-0.2, -0.15) is 5.10 Å². The molecule has 2 saturated heterocycles. The van der Waals surface area contributed by atoms with Crippen LogP contribution >= 0.6 is 0 Å². The maximum atomic E-state index is 15.0. The smallest absolute Gasteiger partial charge is 0.272 e. The van der Waals surface area contributed by atoms with Gasteiger partial charge in [0.15, 0.2) is 0 Å². The summed E-state index contributed by atoms with van der Waals surface area (Å²) in [6, 6.07) is 24.1. The maximum Gasteiger partial charge on any atom is 0.272 e. The van der Waals surface area contributed by atoms with E-state index >= 15 is 0 Å². The molecular formula is C62H80FN9O11. The minimum Gasteiger partial charge on any atom is -0.497 e. The van der Waals surface area contributed by atoms with Crippen molar-refractivity contribution in [2.75, 3.05) is 119 Å². The summed E-state index contributed by atoms with van der Waals surface area (Å²) in [5.41, 5.74) is 3.35. The number of halogens is 1. The van der Waals surface area contributed by atoms with Crippen LogP contribution in [0.15, 0.2) is 89.7 Å². The lowest BCUT2D eigenvalue weighted by Crippen LogP contribution is -2.52. The largest absolute Gasteiger partial charge is 0.497 e. The van der Waals surface area contributed by atoms with E-state index in [-0.39, 0.29) is 85.9 Å². The highest BCUT2D eigenvalue weighted by Gasteiger charge is 2.32. The predicted molar refractivity (Wildman–Crippen MR) is 311 cm³/mol. The van der Waals surface area contributed by atoms with E-state index in [0.29, 0.717) is 119 Å². The van der Waals surface area contributed by atoms with Crippen LogP contribution < -0.4 is 36.3 Å². The Morgan fingerprint density at radius 2 is 1.43 bits per heavy atom. The van der Waals surface area contributed by atoms with Crippen molar-refractivity contribution >= 4 is 40.3 Å². The molecule has 1 unspecified atom stereocenters. The number of benzene rings is 4. The Labute approximate surface area is 484 Å². The molecular weight excluding hydrogens is 1070 g/mol. The summed E-state index contributed by atoms with van der Waals surface area (Å²) < 4.78 is 43.2. The monoisotopic (exact) mass is 1150 g/mol. The normalized spacial score (nSPS) is 16.1. The van der Waals surface area contributed by atoms with E-state index in [1.807, 2.05) is 60.4 Å². The molecule has 5 N–H and O–H groups in total. The third-order valence-corrected chi connectivity index (χ3v) is 15.6. The molecule has 1 aromatic heterocycles. The molecule has 20 nitrogen and oxygen atoms in total. The molecule has 1 aliphatic carbocycles. The Kier molecular flexibility index (Phi) is 23.8. The molecule has 3 aliphatic rings. The van der Waals surface area contributed by atoms with E-state index in [0.717, 1.165) is 61.8 Å². The molecule has 446 valence electrons. The number of nitrogens with one attached hydrogen (secondary N) is 5. The number of amides is 5. The van der Waals surface area contributed by atoms with Crippen LogP contribution in [0.5, 0.6) is 11.5 Å². The van der Waals surface area contributed by atoms with Gasteiger partial charge in [0.1, 0.15) is 23.4 Å². The molecule has 2 aliphatic heterocycles. The molecule has 83 heavy (non-hydrogen) atoms. The van der Waals surface area contributed by atoms with Crippen molar-refractivity contribution in [1.29, 1.82) is 0 Å². The Balaban J connectivity index is 0.664. The van der Waals surface area contributed by atoms with Crippen molar-refractivity contribution in [1.82, 2.24) is 46.2 Å². The molecule has 3 fully saturated rings. The second kappa shape index (κ2) is 31.9. The highest BCUT2D eigenvalue weighted by Crippen LogP contribution is 2.30. The number of rotatable bonds is 29. The minimum atomic E-state index is -0.683. The zero-order valence-corrected chi connectivity index (χ0v) is 47.9. The van der Waals surface area contributed by atoms with Crippen molar-refractivity contribution in [3.05, 3.63) is 135 Å². The fourth-order valence-corrected chi connectivity index (χ4v) is 11.0. The summed E-state index contributed by atoms with van der Waals surface area (Å²) in [6.45, 7) is 8.37. The topological polar surface area (TPSA) is 235 Å². The summed E-state index contributed by atoms with van der Waals surface area (Å²) in [5.74, 6) is -0.169. The number of carbonyl (C=O) groups is 5. The zero-order chi connectivity index (χ0) is 58.3. The number of piperidine rings is 1. The van der Waals surface area contributed by atoms with Crippen molar-refractivity contribution < 1.29 is 52.0 Å². The van der Waals surface area contributed by atoms with Gasteiger partial charge >= 0.3 is 0 Å². The molecule has 5 amide bonds. The Hall–Kier alpha value is -7.30. The first kappa shape index (κ1) is 61.8. The van der Waals surface area contributed by atoms with Crippen molar-refractivity contribution in [2.45, 2.75) is 76.8 Å². The van der Waals surface area contributed by atoms with Gasteiger partial charge in [0.2, 0.25) is 17.7 Å². The molecule has 0 bridgehead atoms. The van der Waals surface area contributed by atoms with Gasteiger partial charge in [-0.3, -0.25) is 28.8 Å². The van der Waals surface area contributed by atoms with Crippen LogP contribution in [0.1, 0.15) is 101 Å². The predicted octanol–water partition coefficient (Wildman–Crippen LogP) is 4.98. The van der Waals surface area contributed by atoms with E-state index in [4.69, 9.17) is 23.7 Å². The third-order valence-electron chi connectivity index (χ3n) is 15.6. The number of hydrogen-bond donors (Lipinski definition) is 5. The number of hydrogen-bond acceptors (Lipinski definition) is 14. The van der Waals surface area contributed by atoms with Gasteiger partial charge in [0.05, 0.1) is 83.1 Å². The molecule has 1 saturated carbocycles. The average molecular weight is 1150 g/mol. The van der Waals surface area contributed by atoms with Crippen LogP contribution in [0.4, 0.5) is 4.39 Å². The number of methoxy groups -OCH3 is 1. The van der Waals surface area contributed by atoms with Crippen molar-refractivity contribution in [2.24, 2.45) is 5.92 Å². The van der Waals surface area contributed by atoms with Crippen molar-refractivity contribution in [3.8, 4) is 11.5 Å². The van der Waals surface area contributed by atoms with Crippen LogP contribution in [0.2, 0.25) is 0 Å². The highest BCUT2D eigenvalue weighted by atomic mass is 19.1. The summed E-state index contributed by atoms with van der Waals surface area (Å²) in [6.07, 6.45) is 6.87. The van der Waals surface area contributed by atoms with Crippen LogP contribution in [-0.4, -0.2) is 179 Å². The first-order valence-corrected chi connectivity index (χ1v) is 29.2. The number of aromatic nitrogens is 2. The first-order chi connectivity index (χ1) is 40.5. The van der Waals surface area contributed by atoms with E-state index in [1.165, 1.54) is 12.1 Å². The summed E-state index contributed by atoms with van der Waals surface area (Å²) in [4.78, 5) is 84.7. The lowest BCUT2D eigenvalue weighted by atomic mass is 9.83. The van der Waals surface area contributed by atoms with Gasteiger partial charge in [-0.1, -0.05) is 61.7 Å². The van der Waals surface area contributed by atoms with Crippen LogP contribution in [0.25, 0.3) is 10.8 Å². The fourth-order valence-electron chi connectivity index (χ4n) is 11.0. The molecule has 0 spiro atoms. The SMILES string of the molecule is CCOc1cc(OC)ccc1CNCC(=O)N1CCCC(c2cccc(C(=O)N[C@@H](C(=O)NCCOCCOCCOCCNCC(=O)N3CCN(C(=O)c4cc(Cc5n[nH]c(=O)c6ccccc56)ccc4F)CC3)C3CCCCC3)c2)C1. The van der Waals surface area contributed by atoms with E-state index in [9.17, 15) is 33.2 Å². The Morgan fingerprint density at radius 3 is 2.19 bits per heavy atom. The van der Waals surface area contributed by atoms with E-state index < -0.39 is 17.8 Å². The number of aromatic amines is 1. The van der Waals surface area contributed by atoms with Crippen LogP contribution in [-0.2, 0) is 41.6 Å².